The van der Waals surface area contributed by atoms with Gasteiger partial charge in [-0.2, -0.15) is 0 Å². The third-order valence-electron chi connectivity index (χ3n) is 10.7. The number of methoxy groups -OCH3 is 1. The lowest BCUT2D eigenvalue weighted by Crippen LogP contribution is -2.63. The van der Waals surface area contributed by atoms with Gasteiger partial charge >= 0.3 is 11.9 Å². The van der Waals surface area contributed by atoms with Gasteiger partial charge in [0.1, 0.15) is 5.60 Å². The van der Waals surface area contributed by atoms with Crippen molar-refractivity contribution in [2.24, 2.45) is 28.6 Å². The van der Waals surface area contributed by atoms with Crippen molar-refractivity contribution in [2.45, 2.75) is 141 Å². The van der Waals surface area contributed by atoms with Gasteiger partial charge in [0.2, 0.25) is 0 Å². The monoisotopic (exact) mass is 682 g/mol. The SMILES string of the molecule is C=C1[C@@H](O[Si](C)(C)C)[C@]23C[C@@]1(O[Si](C)(C)C)CCC2[C@@]12C[C@H](O[Si](C)(C)C)[C@H](O[Si](C)(C)C)C(C)(C(=O)O1)C2C3C(=O)OC. The number of hydrogen-bond acceptors (Lipinski definition) is 8. The molecule has 0 aromatic heterocycles. The van der Waals surface area contributed by atoms with E-state index in [-0.39, 0.29) is 24.0 Å². The van der Waals surface area contributed by atoms with E-state index in [9.17, 15) is 9.59 Å². The van der Waals surface area contributed by atoms with Crippen molar-refractivity contribution in [3.05, 3.63) is 12.2 Å². The van der Waals surface area contributed by atoms with Gasteiger partial charge in [0.15, 0.2) is 33.3 Å². The molecule has 1 spiro atoms. The summed E-state index contributed by atoms with van der Waals surface area (Å²) in [6.07, 6.45) is 1.39. The lowest BCUT2D eigenvalue weighted by Gasteiger charge is -2.52. The zero-order valence-corrected chi connectivity index (χ0v) is 33.8. The van der Waals surface area contributed by atoms with E-state index in [0.29, 0.717) is 12.8 Å². The van der Waals surface area contributed by atoms with Crippen LogP contribution in [0.5, 0.6) is 0 Å². The Labute approximate surface area is 269 Å². The number of esters is 2. The quantitative estimate of drug-likeness (QED) is 0.151. The first kappa shape index (κ1) is 34.7. The number of rotatable bonds is 9. The number of carbonyl (C=O) groups excluding carboxylic acids is 2. The summed E-state index contributed by atoms with van der Waals surface area (Å²) < 4.78 is 40.7. The Morgan fingerprint density at radius 2 is 1.45 bits per heavy atom. The van der Waals surface area contributed by atoms with Crippen molar-refractivity contribution in [1.29, 1.82) is 0 Å². The fourth-order valence-corrected chi connectivity index (χ4v) is 15.0. The molecule has 4 unspecified atom stereocenters. The van der Waals surface area contributed by atoms with Crippen LogP contribution in [0.2, 0.25) is 78.6 Å². The maximum absolute atomic E-state index is 14.4. The third-order valence-corrected chi connectivity index (χ3v) is 14.6. The summed E-state index contributed by atoms with van der Waals surface area (Å²) in [6.45, 7) is 32.9. The second kappa shape index (κ2) is 10.2. The second-order valence-corrected chi connectivity index (χ2v) is 36.3. The molecule has 10 atom stereocenters. The molecule has 0 aromatic rings. The van der Waals surface area contributed by atoms with E-state index in [1.54, 1.807) is 0 Å². The van der Waals surface area contributed by atoms with Gasteiger partial charge in [-0.05, 0) is 110 Å². The first-order chi connectivity index (χ1) is 19.8. The van der Waals surface area contributed by atoms with Gasteiger partial charge in [0.25, 0.3) is 0 Å². The molecule has 12 heteroatoms. The molecule has 0 N–H and O–H groups in total. The van der Waals surface area contributed by atoms with E-state index in [2.05, 4.69) is 78.6 Å². The van der Waals surface area contributed by atoms with Crippen molar-refractivity contribution < 1.29 is 36.8 Å². The minimum atomic E-state index is -2.17. The molecule has 44 heavy (non-hydrogen) atoms. The molecule has 5 aliphatic rings. The second-order valence-electron chi connectivity index (χ2n) is 18.5. The summed E-state index contributed by atoms with van der Waals surface area (Å²) in [5.41, 5.74) is -2.32. The topological polar surface area (TPSA) is 89.5 Å². The Balaban J connectivity index is 1.78. The molecule has 5 rings (SSSR count). The third kappa shape index (κ3) is 5.16. The molecule has 1 aliphatic heterocycles. The van der Waals surface area contributed by atoms with Crippen LogP contribution >= 0.6 is 0 Å². The Kier molecular flexibility index (Phi) is 8.04. The standard InChI is InChI=1S/C32H58O8Si4/c1-20-25(38-42(7,8)9)31-19-30(20,40-44(13,14)15)17-16-22(31)32-18-21(37-41(4,5)6)26(39-43(10,11)12)29(2,28(34)36-32)24(32)23(31)27(33)35-3/h21-26H,1,16-19H2,2-15H3/t21-,22?,23?,24?,25+,26-,29?,30-,31+,32+/m0/s1. The molecule has 4 bridgehead atoms. The highest BCUT2D eigenvalue weighted by Gasteiger charge is 2.88. The van der Waals surface area contributed by atoms with Crippen molar-refractivity contribution in [1.82, 2.24) is 0 Å². The van der Waals surface area contributed by atoms with E-state index in [0.717, 1.165) is 18.4 Å². The highest BCUT2D eigenvalue weighted by molar-refractivity contribution is 6.71. The molecule has 250 valence electrons. The summed E-state index contributed by atoms with van der Waals surface area (Å²) >= 11 is 0. The van der Waals surface area contributed by atoms with Crippen molar-refractivity contribution in [3.63, 3.8) is 0 Å². The number of ether oxygens (including phenoxy) is 2. The largest absolute Gasteiger partial charge is 0.469 e. The molecule has 1 saturated heterocycles. The van der Waals surface area contributed by atoms with Gasteiger partial charge in [-0.15, -0.1) is 0 Å². The van der Waals surface area contributed by atoms with Crippen LogP contribution in [-0.2, 0) is 36.8 Å². The first-order valence-corrected chi connectivity index (χ1v) is 30.1. The molecule has 0 aromatic carbocycles. The van der Waals surface area contributed by atoms with E-state index in [1.165, 1.54) is 7.11 Å². The summed E-state index contributed by atoms with van der Waals surface area (Å²) in [5.74, 6) is -1.78. The van der Waals surface area contributed by atoms with E-state index >= 15 is 0 Å². The van der Waals surface area contributed by atoms with Gasteiger partial charge in [-0.25, -0.2) is 0 Å². The molecule has 4 saturated carbocycles. The Morgan fingerprint density at radius 1 is 0.886 bits per heavy atom. The minimum Gasteiger partial charge on any atom is -0.469 e. The zero-order chi connectivity index (χ0) is 33.3. The molecule has 0 amide bonds. The number of hydrogen-bond donors (Lipinski definition) is 0. The van der Waals surface area contributed by atoms with Crippen LogP contribution in [0.3, 0.4) is 0 Å². The van der Waals surface area contributed by atoms with Crippen LogP contribution in [0, 0.1) is 28.6 Å². The first-order valence-electron chi connectivity index (χ1n) is 16.5. The van der Waals surface area contributed by atoms with Crippen molar-refractivity contribution in [2.75, 3.05) is 7.11 Å². The molecular formula is C32H58O8Si4. The maximum Gasteiger partial charge on any atom is 0.315 e. The van der Waals surface area contributed by atoms with Crippen LogP contribution in [-0.4, -0.2) is 81.8 Å². The van der Waals surface area contributed by atoms with Gasteiger partial charge in [0.05, 0.1) is 42.4 Å². The van der Waals surface area contributed by atoms with Crippen molar-refractivity contribution in [3.8, 4) is 0 Å². The molecule has 4 aliphatic carbocycles. The van der Waals surface area contributed by atoms with Crippen molar-refractivity contribution >= 4 is 45.2 Å². The fourth-order valence-electron chi connectivity index (χ4n) is 10.2. The summed E-state index contributed by atoms with van der Waals surface area (Å²) in [5, 5.41) is 0. The highest BCUT2D eigenvalue weighted by atomic mass is 28.4. The lowest BCUT2D eigenvalue weighted by molar-refractivity contribution is -0.169. The molecule has 5 fully saturated rings. The van der Waals surface area contributed by atoms with Crippen LogP contribution in [0.15, 0.2) is 12.2 Å². The van der Waals surface area contributed by atoms with Crippen LogP contribution in [0.4, 0.5) is 0 Å². The highest BCUT2D eigenvalue weighted by Crippen LogP contribution is 2.80. The van der Waals surface area contributed by atoms with Crippen LogP contribution < -0.4 is 0 Å². The average Bonchev–Trinajstić information content (AvgIpc) is 3.23. The molecular weight excluding hydrogens is 625 g/mol. The maximum atomic E-state index is 14.4. The Bertz CT molecular complexity index is 1230. The average molecular weight is 683 g/mol. The van der Waals surface area contributed by atoms with E-state index in [1.807, 2.05) is 6.92 Å². The van der Waals surface area contributed by atoms with E-state index in [4.69, 9.17) is 33.8 Å². The smallest absolute Gasteiger partial charge is 0.315 e. The molecule has 1 heterocycles. The Morgan fingerprint density at radius 3 is 1.95 bits per heavy atom. The minimum absolute atomic E-state index is 0.130. The van der Waals surface area contributed by atoms with Crippen LogP contribution in [0.25, 0.3) is 0 Å². The molecule has 8 nitrogen and oxygen atoms in total. The predicted molar refractivity (Wildman–Crippen MR) is 181 cm³/mol. The summed E-state index contributed by atoms with van der Waals surface area (Å²) in [4.78, 5) is 28.8. The van der Waals surface area contributed by atoms with E-state index < -0.39 is 79.3 Å². The molecule has 0 radical (unpaired) electrons. The normalized spacial score (nSPS) is 43.5. The zero-order valence-electron chi connectivity index (χ0n) is 29.8. The van der Waals surface area contributed by atoms with Crippen LogP contribution in [0.1, 0.15) is 32.6 Å². The lowest BCUT2D eigenvalue weighted by atomic mass is 9.58. The van der Waals surface area contributed by atoms with Gasteiger partial charge in [-0.3, -0.25) is 9.59 Å². The number of carbonyl (C=O) groups is 2. The van der Waals surface area contributed by atoms with Gasteiger partial charge in [-0.1, -0.05) is 6.58 Å². The fraction of sp³-hybridized carbons (Fsp3) is 0.875. The summed E-state index contributed by atoms with van der Waals surface area (Å²) in [7, 11) is -6.97. The van der Waals surface area contributed by atoms with Gasteiger partial charge in [0, 0.05) is 23.7 Å². The Hall–Kier alpha value is -0.612. The summed E-state index contributed by atoms with van der Waals surface area (Å²) in [6, 6.07) is 0. The van der Waals surface area contributed by atoms with Gasteiger partial charge < -0.3 is 27.2 Å². The number of fused-ring (bicyclic) bond motifs is 1. The predicted octanol–water partition coefficient (Wildman–Crippen LogP) is 6.72.